The summed E-state index contributed by atoms with van der Waals surface area (Å²) in [6, 6.07) is 8.13. The average molecular weight is 464 g/mol. The summed E-state index contributed by atoms with van der Waals surface area (Å²) in [5.41, 5.74) is 0.957. The number of unbranched alkanes of at least 4 members (excludes halogenated alkanes) is 13. The molecule has 1 aromatic rings. The van der Waals surface area contributed by atoms with Gasteiger partial charge in [0.2, 0.25) is 5.91 Å². The van der Waals surface area contributed by atoms with Gasteiger partial charge in [-0.25, -0.2) is 0 Å². The molecule has 0 saturated heterocycles. The lowest BCUT2D eigenvalue weighted by Gasteiger charge is -2.10. The number of carboxylic acid groups (broad SMARTS) is 1. The van der Waals surface area contributed by atoms with E-state index in [-0.39, 0.29) is 5.91 Å². The van der Waals surface area contributed by atoms with E-state index in [9.17, 15) is 9.59 Å². The van der Waals surface area contributed by atoms with Crippen molar-refractivity contribution in [1.82, 2.24) is 0 Å². The van der Waals surface area contributed by atoms with E-state index in [4.69, 9.17) is 5.11 Å². The fourth-order valence-corrected chi connectivity index (χ4v) is 4.84. The number of carbonyl (C=O) groups is 2. The van der Waals surface area contributed by atoms with Gasteiger partial charge in [0.1, 0.15) is 0 Å². The molecule has 0 aromatic heterocycles. The number of carboxylic acids is 1. The van der Waals surface area contributed by atoms with Crippen LogP contribution in [0.25, 0.3) is 0 Å². The second kappa shape index (κ2) is 20.1. The minimum absolute atomic E-state index is 0.136. The summed E-state index contributed by atoms with van der Waals surface area (Å²) < 4.78 is 0. The first-order valence-corrected chi connectivity index (χ1v) is 13.9. The number of para-hydroxylation sites is 1. The minimum Gasteiger partial charge on any atom is -0.481 e. The van der Waals surface area contributed by atoms with Crippen molar-refractivity contribution in [2.24, 2.45) is 0 Å². The van der Waals surface area contributed by atoms with Crippen LogP contribution in [-0.2, 0) is 9.59 Å². The topological polar surface area (TPSA) is 66.4 Å². The minimum atomic E-state index is -0.675. The molecule has 0 heterocycles. The number of benzene rings is 1. The van der Waals surface area contributed by atoms with E-state index in [2.05, 4.69) is 18.3 Å². The Morgan fingerprint density at radius 1 is 0.750 bits per heavy atom. The van der Waals surface area contributed by atoms with Crippen molar-refractivity contribution in [2.45, 2.75) is 121 Å². The number of amides is 1. The number of hydrogen-bond donors (Lipinski definition) is 2. The molecule has 0 spiro atoms. The van der Waals surface area contributed by atoms with Gasteiger partial charge in [0.15, 0.2) is 0 Å². The highest BCUT2D eigenvalue weighted by atomic mass is 32.2. The van der Waals surface area contributed by atoms with Gasteiger partial charge in [0, 0.05) is 17.7 Å². The maximum Gasteiger partial charge on any atom is 0.303 e. The predicted octanol–water partition coefficient (Wildman–Crippen LogP) is 8.45. The molecule has 0 aliphatic carbocycles. The van der Waals surface area contributed by atoms with Crippen molar-refractivity contribution >= 4 is 29.3 Å². The Morgan fingerprint density at radius 2 is 1.25 bits per heavy atom. The first-order chi connectivity index (χ1) is 15.6. The Hall–Kier alpha value is -1.49. The van der Waals surface area contributed by atoms with E-state index < -0.39 is 5.97 Å². The van der Waals surface area contributed by atoms with Gasteiger partial charge in [-0.05, 0) is 37.1 Å². The van der Waals surface area contributed by atoms with Crippen LogP contribution in [0.3, 0.4) is 0 Å². The zero-order valence-corrected chi connectivity index (χ0v) is 21.0. The molecule has 0 fully saturated rings. The molecular weight excluding hydrogens is 418 g/mol. The summed E-state index contributed by atoms with van der Waals surface area (Å²) in [5, 5.41) is 11.7. The number of aliphatic carboxylic acids is 1. The summed E-state index contributed by atoms with van der Waals surface area (Å²) in [6.45, 7) is 2.20. The third kappa shape index (κ3) is 16.2. The maximum absolute atomic E-state index is 12.3. The van der Waals surface area contributed by atoms with Crippen molar-refractivity contribution in [3.05, 3.63) is 24.3 Å². The Morgan fingerprint density at radius 3 is 1.78 bits per heavy atom. The lowest BCUT2D eigenvalue weighted by molar-refractivity contribution is -0.137. The zero-order valence-electron chi connectivity index (χ0n) is 20.2. The summed E-state index contributed by atoms with van der Waals surface area (Å²) in [4.78, 5) is 23.9. The Kier molecular flexibility index (Phi) is 18.0. The van der Waals surface area contributed by atoms with E-state index in [0.29, 0.717) is 12.8 Å². The number of anilines is 1. The highest BCUT2D eigenvalue weighted by Gasteiger charge is 2.07. The number of thioether (sulfide) groups is 1. The standard InChI is InChI=1S/C27H45NO3S/c1-2-3-23-32-25-20-18-17-19-24(25)28-26(29)21-15-13-11-9-7-5-4-6-8-10-12-14-16-22-27(30)31/h17-20H,2-16,21-23H2,1H3,(H,28,29)(H,30,31). The summed E-state index contributed by atoms with van der Waals surface area (Å²) >= 11 is 1.83. The predicted molar refractivity (Wildman–Crippen MR) is 138 cm³/mol. The molecule has 32 heavy (non-hydrogen) atoms. The molecule has 0 aliphatic rings. The molecule has 182 valence electrons. The Bertz CT molecular complexity index is 621. The normalized spacial score (nSPS) is 10.9. The van der Waals surface area contributed by atoms with Crippen molar-refractivity contribution in [1.29, 1.82) is 0 Å². The highest BCUT2D eigenvalue weighted by Crippen LogP contribution is 2.28. The molecule has 0 unspecified atom stereocenters. The zero-order chi connectivity index (χ0) is 23.3. The summed E-state index contributed by atoms with van der Waals surface area (Å²) in [6.07, 6.45) is 18.7. The fraction of sp³-hybridized carbons (Fsp3) is 0.704. The molecule has 4 nitrogen and oxygen atoms in total. The number of hydrogen-bond acceptors (Lipinski definition) is 3. The summed E-state index contributed by atoms with van der Waals surface area (Å²) in [5.74, 6) is 0.556. The highest BCUT2D eigenvalue weighted by molar-refractivity contribution is 7.99. The molecular formula is C27H45NO3S. The van der Waals surface area contributed by atoms with Crippen LogP contribution in [0, 0.1) is 0 Å². The second-order valence-electron chi connectivity index (χ2n) is 8.74. The van der Waals surface area contributed by atoms with E-state index in [1.165, 1.54) is 75.5 Å². The van der Waals surface area contributed by atoms with Gasteiger partial charge in [0.05, 0.1) is 5.69 Å². The van der Waals surface area contributed by atoms with Crippen molar-refractivity contribution < 1.29 is 14.7 Å². The molecule has 0 radical (unpaired) electrons. The molecule has 1 aromatic carbocycles. The number of nitrogens with one attached hydrogen (secondary N) is 1. The monoisotopic (exact) mass is 463 g/mol. The third-order valence-corrected chi connectivity index (χ3v) is 6.87. The average Bonchev–Trinajstić information content (AvgIpc) is 2.77. The van der Waals surface area contributed by atoms with Crippen LogP contribution in [0.2, 0.25) is 0 Å². The van der Waals surface area contributed by atoms with Crippen LogP contribution in [0.1, 0.15) is 116 Å². The first-order valence-electron chi connectivity index (χ1n) is 12.9. The lowest BCUT2D eigenvalue weighted by atomic mass is 10.0. The smallest absolute Gasteiger partial charge is 0.303 e. The molecule has 1 amide bonds. The number of rotatable bonds is 21. The second-order valence-corrected chi connectivity index (χ2v) is 9.87. The van der Waals surface area contributed by atoms with Crippen molar-refractivity contribution in [3.63, 3.8) is 0 Å². The van der Waals surface area contributed by atoms with Crippen molar-refractivity contribution in [2.75, 3.05) is 11.1 Å². The van der Waals surface area contributed by atoms with Gasteiger partial charge in [-0.1, -0.05) is 96.1 Å². The summed E-state index contributed by atoms with van der Waals surface area (Å²) in [7, 11) is 0. The Balaban J connectivity index is 1.94. The quantitative estimate of drug-likeness (QED) is 0.142. The lowest BCUT2D eigenvalue weighted by Crippen LogP contribution is -2.11. The van der Waals surface area contributed by atoms with Crippen LogP contribution in [-0.4, -0.2) is 22.7 Å². The van der Waals surface area contributed by atoms with E-state index in [1.807, 2.05) is 30.0 Å². The fourth-order valence-electron chi connectivity index (χ4n) is 3.74. The van der Waals surface area contributed by atoms with E-state index >= 15 is 0 Å². The van der Waals surface area contributed by atoms with Crippen LogP contribution < -0.4 is 5.32 Å². The van der Waals surface area contributed by atoms with Crippen LogP contribution in [0.5, 0.6) is 0 Å². The van der Waals surface area contributed by atoms with Gasteiger partial charge in [-0.2, -0.15) is 0 Å². The van der Waals surface area contributed by atoms with Crippen LogP contribution >= 0.6 is 11.8 Å². The Labute approximate surface area is 200 Å². The molecule has 0 atom stereocenters. The van der Waals surface area contributed by atoms with Gasteiger partial charge in [-0.3, -0.25) is 9.59 Å². The SMILES string of the molecule is CCCCSc1ccccc1NC(=O)CCCCCCCCCCCCCCCC(=O)O. The molecule has 1 rings (SSSR count). The largest absolute Gasteiger partial charge is 0.481 e. The third-order valence-electron chi connectivity index (χ3n) is 5.71. The van der Waals surface area contributed by atoms with Gasteiger partial charge >= 0.3 is 5.97 Å². The van der Waals surface area contributed by atoms with Crippen LogP contribution in [0.15, 0.2) is 29.2 Å². The molecule has 5 heteroatoms. The van der Waals surface area contributed by atoms with Gasteiger partial charge in [0.25, 0.3) is 0 Å². The van der Waals surface area contributed by atoms with Crippen molar-refractivity contribution in [3.8, 4) is 0 Å². The van der Waals surface area contributed by atoms with Gasteiger partial charge < -0.3 is 10.4 Å². The molecule has 0 bridgehead atoms. The maximum atomic E-state index is 12.3. The molecule has 2 N–H and O–H groups in total. The van der Waals surface area contributed by atoms with E-state index in [0.717, 1.165) is 37.1 Å². The first kappa shape index (κ1) is 28.5. The van der Waals surface area contributed by atoms with Gasteiger partial charge in [-0.15, -0.1) is 11.8 Å². The molecule has 0 aliphatic heterocycles. The number of carbonyl (C=O) groups excluding carboxylic acids is 1. The van der Waals surface area contributed by atoms with E-state index in [1.54, 1.807) is 0 Å². The molecule has 0 saturated carbocycles. The van der Waals surface area contributed by atoms with Crippen LogP contribution in [0.4, 0.5) is 5.69 Å².